The molecule has 0 bridgehead atoms. The van der Waals surface area contributed by atoms with Gasteiger partial charge in [0, 0.05) is 0 Å². The Balaban J connectivity index is 2.03. The van der Waals surface area contributed by atoms with Crippen molar-refractivity contribution in [3.05, 3.63) is 65.5 Å². The molecule has 0 amide bonds. The highest BCUT2D eigenvalue weighted by atomic mass is 19.1. The predicted octanol–water partition coefficient (Wildman–Crippen LogP) is 3.58. The fraction of sp³-hybridized carbons (Fsp3) is 0.0714. The Morgan fingerprint density at radius 2 is 1.88 bits per heavy atom. The summed E-state index contributed by atoms with van der Waals surface area (Å²) in [7, 11) is 0. The molecule has 0 radical (unpaired) electrons. The van der Waals surface area contributed by atoms with E-state index in [1.54, 1.807) is 25.3 Å². The van der Waals surface area contributed by atoms with Gasteiger partial charge in [-0.2, -0.15) is 5.10 Å². The average Bonchev–Trinajstić information content (AvgIpc) is 2.35. The van der Waals surface area contributed by atoms with E-state index in [9.17, 15) is 4.39 Å². The summed E-state index contributed by atoms with van der Waals surface area (Å²) in [6.07, 6.45) is 1.69. The molecule has 0 aromatic heterocycles. The van der Waals surface area contributed by atoms with Crippen LogP contribution in [-0.4, -0.2) is 6.21 Å². The van der Waals surface area contributed by atoms with Crippen molar-refractivity contribution >= 4 is 11.9 Å². The minimum atomic E-state index is -0.232. The molecule has 2 aromatic carbocycles. The number of hydrogen-bond donors (Lipinski definition) is 1. The van der Waals surface area contributed by atoms with Crippen molar-refractivity contribution < 1.29 is 4.39 Å². The van der Waals surface area contributed by atoms with Crippen molar-refractivity contribution in [2.45, 2.75) is 6.92 Å². The summed E-state index contributed by atoms with van der Waals surface area (Å²) < 4.78 is 13.2. The third kappa shape index (κ3) is 3.14. The van der Waals surface area contributed by atoms with Crippen molar-refractivity contribution in [1.29, 1.82) is 0 Å². The molecule has 0 heterocycles. The number of nitrogens with one attached hydrogen (secondary N) is 1. The zero-order chi connectivity index (χ0) is 12.1. The molecule has 0 fully saturated rings. The number of benzene rings is 2. The van der Waals surface area contributed by atoms with Gasteiger partial charge >= 0.3 is 0 Å². The number of nitrogens with zero attached hydrogens (tertiary/aromatic N) is 1. The van der Waals surface area contributed by atoms with Gasteiger partial charge in [-0.05, 0) is 30.2 Å². The van der Waals surface area contributed by atoms with Crippen molar-refractivity contribution in [1.82, 2.24) is 0 Å². The topological polar surface area (TPSA) is 24.4 Å². The summed E-state index contributed by atoms with van der Waals surface area (Å²) in [5.41, 5.74) is 5.05. The first-order valence-corrected chi connectivity index (χ1v) is 5.36. The summed E-state index contributed by atoms with van der Waals surface area (Å²) in [6.45, 7) is 1.73. The van der Waals surface area contributed by atoms with Gasteiger partial charge in [-0.25, -0.2) is 4.39 Å². The minimum Gasteiger partial charge on any atom is -0.278 e. The lowest BCUT2D eigenvalue weighted by Crippen LogP contribution is -1.92. The van der Waals surface area contributed by atoms with E-state index >= 15 is 0 Å². The van der Waals surface area contributed by atoms with E-state index < -0.39 is 0 Å². The smallest absolute Gasteiger partial charge is 0.128 e. The standard InChI is InChI=1S/C14H13FN2/c1-11-7-8-13(9-14(11)15)17-16-10-12-5-3-2-4-6-12/h2-10,17H,1H3/b16-10+. The summed E-state index contributed by atoms with van der Waals surface area (Å²) >= 11 is 0. The van der Waals surface area contributed by atoms with Crippen LogP contribution in [0.5, 0.6) is 0 Å². The second kappa shape index (κ2) is 5.25. The van der Waals surface area contributed by atoms with E-state index in [-0.39, 0.29) is 5.82 Å². The van der Waals surface area contributed by atoms with E-state index in [2.05, 4.69) is 10.5 Å². The Morgan fingerprint density at radius 1 is 1.12 bits per heavy atom. The molecule has 0 saturated heterocycles. The van der Waals surface area contributed by atoms with Gasteiger partial charge in [0.05, 0.1) is 11.9 Å². The van der Waals surface area contributed by atoms with Crippen LogP contribution in [0.25, 0.3) is 0 Å². The molecular weight excluding hydrogens is 215 g/mol. The molecule has 2 nitrogen and oxygen atoms in total. The molecule has 0 spiro atoms. The van der Waals surface area contributed by atoms with E-state index in [0.29, 0.717) is 11.3 Å². The van der Waals surface area contributed by atoms with Crippen molar-refractivity contribution in [3.8, 4) is 0 Å². The molecule has 0 atom stereocenters. The Hall–Kier alpha value is -2.16. The maximum absolute atomic E-state index is 13.2. The minimum absolute atomic E-state index is 0.232. The highest BCUT2D eigenvalue weighted by Crippen LogP contribution is 2.13. The largest absolute Gasteiger partial charge is 0.278 e. The van der Waals surface area contributed by atoms with Crippen LogP contribution in [0.3, 0.4) is 0 Å². The summed E-state index contributed by atoms with van der Waals surface area (Å²) in [4.78, 5) is 0. The summed E-state index contributed by atoms with van der Waals surface area (Å²) in [6, 6.07) is 14.6. The molecule has 0 aliphatic rings. The van der Waals surface area contributed by atoms with Crippen molar-refractivity contribution in [3.63, 3.8) is 0 Å². The molecule has 2 rings (SSSR count). The summed E-state index contributed by atoms with van der Waals surface area (Å²) in [5.74, 6) is -0.232. The van der Waals surface area contributed by atoms with E-state index in [1.165, 1.54) is 6.07 Å². The molecule has 0 aliphatic carbocycles. The Bertz CT molecular complexity index is 521. The SMILES string of the molecule is Cc1ccc(N/N=C/c2ccccc2)cc1F. The number of aryl methyl sites for hydroxylation is 1. The molecule has 0 aliphatic heterocycles. The van der Waals surface area contributed by atoms with Gasteiger partial charge in [-0.1, -0.05) is 36.4 Å². The first kappa shape index (κ1) is 11.3. The van der Waals surface area contributed by atoms with Crippen LogP contribution < -0.4 is 5.43 Å². The highest BCUT2D eigenvalue weighted by molar-refractivity contribution is 5.80. The number of hydrazone groups is 1. The molecule has 86 valence electrons. The van der Waals surface area contributed by atoms with Crippen LogP contribution in [0, 0.1) is 12.7 Å². The van der Waals surface area contributed by atoms with Gasteiger partial charge in [0.2, 0.25) is 0 Å². The van der Waals surface area contributed by atoms with Gasteiger partial charge < -0.3 is 0 Å². The lowest BCUT2D eigenvalue weighted by molar-refractivity contribution is 0.619. The summed E-state index contributed by atoms with van der Waals surface area (Å²) in [5, 5.41) is 4.04. The normalized spacial score (nSPS) is 10.7. The predicted molar refractivity (Wildman–Crippen MR) is 68.8 cm³/mol. The number of rotatable bonds is 3. The molecule has 1 N–H and O–H groups in total. The fourth-order valence-corrected chi connectivity index (χ4v) is 1.38. The second-order valence-electron chi connectivity index (χ2n) is 3.74. The fourth-order valence-electron chi connectivity index (χ4n) is 1.38. The molecule has 3 heteroatoms. The third-order valence-corrected chi connectivity index (χ3v) is 2.38. The van der Waals surface area contributed by atoms with Gasteiger partial charge in [0.25, 0.3) is 0 Å². The quantitative estimate of drug-likeness (QED) is 0.630. The van der Waals surface area contributed by atoms with Crippen LogP contribution in [0.2, 0.25) is 0 Å². The van der Waals surface area contributed by atoms with Crippen LogP contribution in [0.4, 0.5) is 10.1 Å². The first-order chi connectivity index (χ1) is 8.25. The Morgan fingerprint density at radius 3 is 2.59 bits per heavy atom. The lowest BCUT2D eigenvalue weighted by atomic mass is 10.2. The van der Waals surface area contributed by atoms with E-state index in [0.717, 1.165) is 5.56 Å². The van der Waals surface area contributed by atoms with E-state index in [4.69, 9.17) is 0 Å². The van der Waals surface area contributed by atoms with Gasteiger partial charge in [-0.15, -0.1) is 0 Å². The highest BCUT2D eigenvalue weighted by Gasteiger charge is 1.97. The maximum atomic E-state index is 13.2. The molecule has 17 heavy (non-hydrogen) atoms. The molecular formula is C14H13FN2. The molecule has 0 saturated carbocycles. The first-order valence-electron chi connectivity index (χ1n) is 5.36. The molecule has 0 unspecified atom stereocenters. The monoisotopic (exact) mass is 228 g/mol. The Labute approximate surface area is 99.8 Å². The van der Waals surface area contributed by atoms with Crippen molar-refractivity contribution in [2.75, 3.05) is 5.43 Å². The van der Waals surface area contributed by atoms with Gasteiger partial charge in [0.15, 0.2) is 0 Å². The molecule has 2 aromatic rings. The van der Waals surface area contributed by atoms with Gasteiger partial charge in [0.1, 0.15) is 5.82 Å². The van der Waals surface area contributed by atoms with Crippen LogP contribution >= 0.6 is 0 Å². The maximum Gasteiger partial charge on any atom is 0.128 e. The van der Waals surface area contributed by atoms with Crippen LogP contribution in [-0.2, 0) is 0 Å². The van der Waals surface area contributed by atoms with Crippen LogP contribution in [0.1, 0.15) is 11.1 Å². The Kier molecular flexibility index (Phi) is 3.50. The zero-order valence-corrected chi connectivity index (χ0v) is 9.52. The third-order valence-electron chi connectivity index (χ3n) is 2.38. The van der Waals surface area contributed by atoms with Crippen molar-refractivity contribution in [2.24, 2.45) is 5.10 Å². The van der Waals surface area contributed by atoms with Crippen LogP contribution in [0.15, 0.2) is 53.6 Å². The van der Waals surface area contributed by atoms with E-state index in [1.807, 2.05) is 30.3 Å². The van der Waals surface area contributed by atoms with Gasteiger partial charge in [-0.3, -0.25) is 5.43 Å². The number of hydrogen-bond acceptors (Lipinski definition) is 2. The zero-order valence-electron chi connectivity index (χ0n) is 9.52. The number of halogens is 1. The average molecular weight is 228 g/mol. The second-order valence-corrected chi connectivity index (χ2v) is 3.74. The number of anilines is 1. The lowest BCUT2D eigenvalue weighted by Gasteiger charge is -2.01.